The summed E-state index contributed by atoms with van der Waals surface area (Å²) in [5.41, 5.74) is 3.66. The lowest BCUT2D eigenvalue weighted by Gasteiger charge is -2.34. The summed E-state index contributed by atoms with van der Waals surface area (Å²) in [6, 6.07) is 13.9. The molecule has 0 radical (unpaired) electrons. The molecule has 5 heteroatoms. The number of likely N-dealkylation sites (tertiary alicyclic amines) is 1. The van der Waals surface area contributed by atoms with Gasteiger partial charge in [0.1, 0.15) is 5.69 Å². The highest BCUT2D eigenvalue weighted by Crippen LogP contribution is 2.29. The molecule has 0 aliphatic carbocycles. The first kappa shape index (κ1) is 18.8. The Morgan fingerprint density at radius 2 is 2.14 bits per heavy atom. The molecule has 3 aromatic rings. The van der Waals surface area contributed by atoms with Gasteiger partial charge in [-0.3, -0.25) is 4.79 Å². The molecule has 0 saturated carbocycles. The van der Waals surface area contributed by atoms with Crippen LogP contribution in [0.4, 0.5) is 0 Å². The molecule has 0 N–H and O–H groups in total. The maximum absolute atomic E-state index is 12.9. The van der Waals surface area contributed by atoms with Crippen molar-refractivity contribution in [2.24, 2.45) is 0 Å². The van der Waals surface area contributed by atoms with Crippen LogP contribution in [-0.4, -0.2) is 33.0 Å². The highest BCUT2D eigenvalue weighted by atomic mass is 35.5. The zero-order valence-corrected chi connectivity index (χ0v) is 16.8. The van der Waals surface area contributed by atoms with E-state index in [1.807, 2.05) is 64.2 Å². The number of fused-ring (bicyclic) bond motifs is 1. The Balaban J connectivity index is 1.72. The molecule has 0 bridgehead atoms. The third-order valence-corrected chi connectivity index (χ3v) is 5.69. The Morgan fingerprint density at radius 3 is 2.96 bits per heavy atom. The van der Waals surface area contributed by atoms with Gasteiger partial charge in [0.05, 0.1) is 5.52 Å². The average molecular weight is 394 g/mol. The topological polar surface area (TPSA) is 37.6 Å². The Kier molecular flexibility index (Phi) is 5.49. The molecule has 1 fully saturated rings. The van der Waals surface area contributed by atoms with Gasteiger partial charge in [-0.1, -0.05) is 36.7 Å². The van der Waals surface area contributed by atoms with Crippen LogP contribution in [0.5, 0.6) is 0 Å². The lowest BCUT2D eigenvalue weighted by molar-refractivity contribution is -0.129. The van der Waals surface area contributed by atoms with Gasteiger partial charge in [0.2, 0.25) is 5.91 Å². The lowest BCUT2D eigenvalue weighted by atomic mass is 10.00. The Labute approximate surface area is 170 Å². The van der Waals surface area contributed by atoms with Crippen LogP contribution in [-0.2, 0) is 4.79 Å². The molecule has 1 unspecified atom stereocenters. The van der Waals surface area contributed by atoms with E-state index in [0.29, 0.717) is 11.1 Å². The summed E-state index contributed by atoms with van der Waals surface area (Å²) in [6.45, 7) is 3.00. The van der Waals surface area contributed by atoms with E-state index in [1.54, 1.807) is 6.08 Å². The lowest BCUT2D eigenvalue weighted by Crippen LogP contribution is -2.42. The number of nitrogens with zero attached hydrogens (tertiary/aromatic N) is 3. The molecule has 28 heavy (non-hydrogen) atoms. The largest absolute Gasteiger partial charge is 0.336 e. The number of pyridine rings is 1. The standard InChI is InChI=1S/C23H24ClN3O/c1-2-19-10-3-5-14-26(19)22(28)13-12-20-21-11-4-6-15-27(21)25-23(20)17-8-7-9-18(24)16-17/h4,6-9,11-13,15-16,19H,2-3,5,10,14H2,1H3. The predicted octanol–water partition coefficient (Wildman–Crippen LogP) is 5.46. The molecule has 4 rings (SSSR count). The van der Waals surface area contributed by atoms with Crippen LogP contribution < -0.4 is 0 Å². The maximum atomic E-state index is 12.9. The van der Waals surface area contributed by atoms with Crippen LogP contribution in [0.3, 0.4) is 0 Å². The van der Waals surface area contributed by atoms with Crippen LogP contribution >= 0.6 is 11.6 Å². The molecule has 1 aromatic carbocycles. The quantitative estimate of drug-likeness (QED) is 0.552. The van der Waals surface area contributed by atoms with Crippen molar-refractivity contribution in [2.75, 3.05) is 6.54 Å². The molecule has 2 aromatic heterocycles. The van der Waals surface area contributed by atoms with E-state index in [2.05, 4.69) is 6.92 Å². The van der Waals surface area contributed by atoms with Gasteiger partial charge in [0, 0.05) is 41.0 Å². The number of carbonyl (C=O) groups is 1. The molecule has 4 nitrogen and oxygen atoms in total. The molecule has 1 atom stereocenters. The van der Waals surface area contributed by atoms with Gasteiger partial charge in [-0.15, -0.1) is 0 Å². The van der Waals surface area contributed by atoms with Crippen molar-refractivity contribution in [1.29, 1.82) is 0 Å². The molecule has 3 heterocycles. The molecule has 144 valence electrons. The van der Waals surface area contributed by atoms with Crippen LogP contribution in [0.25, 0.3) is 22.9 Å². The van der Waals surface area contributed by atoms with E-state index < -0.39 is 0 Å². The van der Waals surface area contributed by atoms with Crippen molar-refractivity contribution in [2.45, 2.75) is 38.6 Å². The number of halogens is 1. The minimum atomic E-state index is 0.0823. The fourth-order valence-corrected chi connectivity index (χ4v) is 4.19. The summed E-state index contributed by atoms with van der Waals surface area (Å²) in [5, 5.41) is 5.39. The number of benzene rings is 1. The van der Waals surface area contributed by atoms with E-state index in [4.69, 9.17) is 16.7 Å². The van der Waals surface area contributed by atoms with Crippen molar-refractivity contribution in [3.05, 3.63) is 65.3 Å². The fourth-order valence-electron chi connectivity index (χ4n) is 4.00. The minimum Gasteiger partial charge on any atom is -0.336 e. The van der Waals surface area contributed by atoms with Gasteiger partial charge in [-0.2, -0.15) is 5.10 Å². The molecular formula is C23H24ClN3O. The first-order chi connectivity index (χ1) is 13.7. The Hall–Kier alpha value is -2.59. The van der Waals surface area contributed by atoms with Crippen molar-refractivity contribution in [3.8, 4) is 11.3 Å². The van der Waals surface area contributed by atoms with Gasteiger partial charge in [-0.05, 0) is 56.0 Å². The molecular weight excluding hydrogens is 370 g/mol. The van der Waals surface area contributed by atoms with Crippen LogP contribution in [0.2, 0.25) is 5.02 Å². The summed E-state index contributed by atoms with van der Waals surface area (Å²) >= 11 is 6.19. The normalized spacial score (nSPS) is 17.5. The zero-order chi connectivity index (χ0) is 19.5. The number of piperidine rings is 1. The predicted molar refractivity (Wildman–Crippen MR) is 114 cm³/mol. The molecule has 1 amide bonds. The number of aromatic nitrogens is 2. The van der Waals surface area contributed by atoms with E-state index >= 15 is 0 Å². The SMILES string of the molecule is CCC1CCCCN1C(=O)C=Cc1c(-c2cccc(Cl)c2)nn2ccccc12. The Morgan fingerprint density at radius 1 is 1.25 bits per heavy atom. The monoisotopic (exact) mass is 393 g/mol. The highest BCUT2D eigenvalue weighted by molar-refractivity contribution is 6.30. The van der Waals surface area contributed by atoms with Gasteiger partial charge in [-0.25, -0.2) is 4.52 Å². The molecule has 1 aliphatic rings. The van der Waals surface area contributed by atoms with Gasteiger partial charge >= 0.3 is 0 Å². The maximum Gasteiger partial charge on any atom is 0.246 e. The van der Waals surface area contributed by atoms with Crippen molar-refractivity contribution in [1.82, 2.24) is 14.5 Å². The van der Waals surface area contributed by atoms with E-state index in [1.165, 1.54) is 6.42 Å². The fraction of sp³-hybridized carbons (Fsp3) is 0.304. The average Bonchev–Trinajstić information content (AvgIpc) is 3.10. The van der Waals surface area contributed by atoms with Gasteiger partial charge in [0.15, 0.2) is 0 Å². The Bertz CT molecular complexity index is 1020. The number of carbonyl (C=O) groups excluding carboxylic acids is 1. The second kappa shape index (κ2) is 8.19. The van der Waals surface area contributed by atoms with Gasteiger partial charge < -0.3 is 4.90 Å². The first-order valence-corrected chi connectivity index (χ1v) is 10.3. The summed E-state index contributed by atoms with van der Waals surface area (Å²) in [4.78, 5) is 14.9. The number of hydrogen-bond acceptors (Lipinski definition) is 2. The molecule has 1 saturated heterocycles. The highest BCUT2D eigenvalue weighted by Gasteiger charge is 2.24. The summed E-state index contributed by atoms with van der Waals surface area (Å²) in [7, 11) is 0. The van der Waals surface area contributed by atoms with Crippen LogP contribution in [0, 0.1) is 0 Å². The summed E-state index contributed by atoms with van der Waals surface area (Å²) < 4.78 is 1.84. The smallest absolute Gasteiger partial charge is 0.246 e. The van der Waals surface area contributed by atoms with E-state index in [9.17, 15) is 4.79 Å². The molecule has 0 spiro atoms. The summed E-state index contributed by atoms with van der Waals surface area (Å²) in [6.07, 6.45) is 9.92. The van der Waals surface area contributed by atoms with E-state index in [-0.39, 0.29) is 5.91 Å². The number of hydrogen-bond donors (Lipinski definition) is 0. The second-order valence-corrected chi connectivity index (χ2v) is 7.66. The summed E-state index contributed by atoms with van der Waals surface area (Å²) in [5.74, 6) is 0.0823. The number of rotatable bonds is 4. The second-order valence-electron chi connectivity index (χ2n) is 7.23. The van der Waals surface area contributed by atoms with Crippen molar-refractivity contribution < 1.29 is 4.79 Å². The van der Waals surface area contributed by atoms with Crippen molar-refractivity contribution >= 4 is 29.1 Å². The number of amides is 1. The van der Waals surface area contributed by atoms with Crippen LogP contribution in [0.1, 0.15) is 38.2 Å². The van der Waals surface area contributed by atoms with E-state index in [0.717, 1.165) is 48.1 Å². The molecule has 1 aliphatic heterocycles. The van der Waals surface area contributed by atoms with Crippen molar-refractivity contribution in [3.63, 3.8) is 0 Å². The third kappa shape index (κ3) is 3.69. The third-order valence-electron chi connectivity index (χ3n) is 5.45. The van der Waals surface area contributed by atoms with Crippen LogP contribution in [0.15, 0.2) is 54.7 Å². The van der Waals surface area contributed by atoms with Gasteiger partial charge in [0.25, 0.3) is 0 Å². The first-order valence-electron chi connectivity index (χ1n) is 9.89. The minimum absolute atomic E-state index is 0.0823. The zero-order valence-electron chi connectivity index (χ0n) is 16.0.